The summed E-state index contributed by atoms with van der Waals surface area (Å²) in [6.45, 7) is 18.4. The lowest BCUT2D eigenvalue weighted by molar-refractivity contribution is 0.0437. The fraction of sp³-hybridized carbons (Fsp3) is 0.600. The lowest BCUT2D eigenvalue weighted by Gasteiger charge is -2.45. The van der Waals surface area contributed by atoms with Gasteiger partial charge < -0.3 is 24.3 Å². The molecule has 11 nitrogen and oxygen atoms in total. The van der Waals surface area contributed by atoms with Crippen LogP contribution >= 0.6 is 11.6 Å². The maximum atomic E-state index is 14.4. The SMILES string of the molecule is CCn1cc2c(Cl)c(-c3cn(COCC[Si](C)(C)C)c4nc(N5C6CCC5CC(C)(NC(=O)OC(C)(C)C)C6)n(C)c(=O)c34)ccc2n1. The van der Waals surface area contributed by atoms with E-state index in [0.29, 0.717) is 28.6 Å². The molecule has 0 spiro atoms. The zero-order valence-electron chi connectivity index (χ0n) is 29.8. The first kappa shape index (κ1) is 34.5. The summed E-state index contributed by atoms with van der Waals surface area (Å²) in [4.78, 5) is 34.8. The van der Waals surface area contributed by atoms with Crippen molar-refractivity contribution >= 4 is 53.7 Å². The number of alkyl carbamates (subject to hydrolysis) is 1. The van der Waals surface area contributed by atoms with E-state index in [0.717, 1.165) is 60.3 Å². The second-order valence-electron chi connectivity index (χ2n) is 16.1. The quantitative estimate of drug-likeness (QED) is 0.146. The first-order valence-electron chi connectivity index (χ1n) is 17.1. The summed E-state index contributed by atoms with van der Waals surface area (Å²) in [6, 6.07) is 5.16. The summed E-state index contributed by atoms with van der Waals surface area (Å²) in [6.07, 6.45) is 6.87. The fourth-order valence-corrected chi connectivity index (χ4v) is 8.39. The predicted molar refractivity (Wildman–Crippen MR) is 195 cm³/mol. The highest BCUT2D eigenvalue weighted by Crippen LogP contribution is 2.44. The van der Waals surface area contributed by atoms with Crippen LogP contribution in [-0.4, -0.2) is 67.9 Å². The van der Waals surface area contributed by atoms with Gasteiger partial charge in [0.05, 0.1) is 15.9 Å². The Morgan fingerprint density at radius 3 is 2.44 bits per heavy atom. The minimum atomic E-state index is -1.29. The van der Waals surface area contributed by atoms with Gasteiger partial charge >= 0.3 is 6.09 Å². The van der Waals surface area contributed by atoms with Crippen LogP contribution in [0.5, 0.6) is 0 Å². The van der Waals surface area contributed by atoms with Crippen LogP contribution in [0.15, 0.2) is 29.3 Å². The van der Waals surface area contributed by atoms with Crippen molar-refractivity contribution in [1.82, 2.24) is 29.2 Å². The van der Waals surface area contributed by atoms with Gasteiger partial charge in [-0.2, -0.15) is 10.1 Å². The first-order valence-corrected chi connectivity index (χ1v) is 21.2. The Morgan fingerprint density at radius 1 is 1.12 bits per heavy atom. The van der Waals surface area contributed by atoms with Crippen molar-refractivity contribution in [2.45, 2.75) is 122 Å². The normalized spacial score (nSPS) is 21.4. The number of hydrogen-bond donors (Lipinski definition) is 1. The number of benzene rings is 1. The molecule has 0 aliphatic carbocycles. The topological polar surface area (TPSA) is 108 Å². The maximum absolute atomic E-state index is 14.4. The average Bonchev–Trinajstić information content (AvgIpc) is 3.64. The molecule has 1 N–H and O–H groups in total. The van der Waals surface area contributed by atoms with Gasteiger partial charge in [0.25, 0.3) is 5.56 Å². The van der Waals surface area contributed by atoms with Crippen LogP contribution in [0.25, 0.3) is 33.1 Å². The molecule has 2 aliphatic heterocycles. The van der Waals surface area contributed by atoms with E-state index in [1.165, 1.54) is 0 Å². The van der Waals surface area contributed by atoms with Gasteiger partial charge in [-0.3, -0.25) is 14.0 Å². The number of rotatable bonds is 9. The van der Waals surface area contributed by atoms with E-state index in [-0.39, 0.29) is 24.4 Å². The van der Waals surface area contributed by atoms with E-state index in [1.54, 1.807) is 11.6 Å². The molecule has 5 heterocycles. The number of aryl methyl sites for hydroxylation is 1. The lowest BCUT2D eigenvalue weighted by Crippen LogP contribution is -2.59. The molecule has 0 saturated carbocycles. The summed E-state index contributed by atoms with van der Waals surface area (Å²) < 4.78 is 17.3. The van der Waals surface area contributed by atoms with Crippen molar-refractivity contribution in [3.8, 4) is 11.1 Å². The molecule has 0 radical (unpaired) electrons. The van der Waals surface area contributed by atoms with Crippen LogP contribution in [0.2, 0.25) is 30.7 Å². The van der Waals surface area contributed by atoms with Crippen LogP contribution in [0.3, 0.4) is 0 Å². The summed E-state index contributed by atoms with van der Waals surface area (Å²) in [5.74, 6) is 0.637. The summed E-state index contributed by atoms with van der Waals surface area (Å²) in [5, 5.41) is 9.69. The number of ether oxygens (including phenoxy) is 2. The monoisotopic (exact) mass is 695 g/mol. The Morgan fingerprint density at radius 2 is 1.81 bits per heavy atom. The molecule has 48 heavy (non-hydrogen) atoms. The summed E-state index contributed by atoms with van der Waals surface area (Å²) in [7, 11) is 0.512. The van der Waals surface area contributed by atoms with Gasteiger partial charge in [-0.1, -0.05) is 37.3 Å². The number of halogens is 1. The number of aromatic nitrogens is 5. The van der Waals surface area contributed by atoms with Crippen molar-refractivity contribution in [2.75, 3.05) is 11.5 Å². The molecule has 1 aromatic carbocycles. The maximum Gasteiger partial charge on any atom is 0.408 e. The molecule has 2 aliphatic rings. The standard InChI is InChI=1S/C35H50ClN7O4Si/c1-10-42-20-26-27(39-42)14-13-24(29(26)36)25-19-41(21-46-15-16-48(7,8)9)30-28(25)31(44)40(6)32(37-30)43-22-11-12-23(43)18-35(5,17-22)38-33(45)47-34(2,3)4/h13-14,19-20,22-23H,10-12,15-18,21H2,1-9H3,(H,38,45). The number of nitrogens with zero attached hydrogens (tertiary/aromatic N) is 6. The van der Waals surface area contributed by atoms with E-state index in [4.69, 9.17) is 26.1 Å². The van der Waals surface area contributed by atoms with Gasteiger partial charge in [-0.15, -0.1) is 0 Å². The molecule has 4 aromatic rings. The Hall–Kier alpha value is -3.35. The molecule has 13 heteroatoms. The first-order chi connectivity index (χ1) is 22.5. The molecule has 2 atom stereocenters. The predicted octanol–water partition coefficient (Wildman–Crippen LogP) is 7.15. The minimum Gasteiger partial charge on any atom is -0.444 e. The van der Waals surface area contributed by atoms with Crippen LogP contribution in [0.4, 0.5) is 10.7 Å². The number of hydrogen-bond acceptors (Lipinski definition) is 7. The Bertz CT molecular complexity index is 1900. The van der Waals surface area contributed by atoms with E-state index in [1.807, 2.05) is 61.5 Å². The highest BCUT2D eigenvalue weighted by atomic mass is 35.5. The molecule has 3 aromatic heterocycles. The number of fused-ring (bicyclic) bond motifs is 4. The Kier molecular flexibility index (Phi) is 9.00. The highest BCUT2D eigenvalue weighted by Gasteiger charge is 2.48. The summed E-state index contributed by atoms with van der Waals surface area (Å²) in [5.41, 5.74) is 1.75. The third-order valence-electron chi connectivity index (χ3n) is 9.61. The van der Waals surface area contributed by atoms with E-state index >= 15 is 0 Å². The van der Waals surface area contributed by atoms with E-state index in [9.17, 15) is 9.59 Å². The van der Waals surface area contributed by atoms with Gasteiger partial charge in [0.1, 0.15) is 12.3 Å². The number of nitrogens with one attached hydrogen (secondary N) is 1. The molecule has 2 saturated heterocycles. The smallest absolute Gasteiger partial charge is 0.408 e. The number of anilines is 1. The third kappa shape index (κ3) is 6.75. The van der Waals surface area contributed by atoms with Crippen molar-refractivity contribution in [3.63, 3.8) is 0 Å². The second-order valence-corrected chi connectivity index (χ2v) is 22.1. The van der Waals surface area contributed by atoms with Gasteiger partial charge in [0, 0.05) is 74.8 Å². The van der Waals surface area contributed by atoms with Crippen molar-refractivity contribution in [1.29, 1.82) is 0 Å². The van der Waals surface area contributed by atoms with Crippen molar-refractivity contribution in [2.24, 2.45) is 7.05 Å². The van der Waals surface area contributed by atoms with Crippen molar-refractivity contribution < 1.29 is 14.3 Å². The molecular formula is C35H50ClN7O4Si. The fourth-order valence-electron chi connectivity index (χ4n) is 7.32. The van der Waals surface area contributed by atoms with Crippen LogP contribution in [0, 0.1) is 0 Å². The number of piperidine rings is 1. The molecule has 1 amide bonds. The largest absolute Gasteiger partial charge is 0.444 e. The Balaban J connectivity index is 1.40. The average molecular weight is 696 g/mol. The van der Waals surface area contributed by atoms with Crippen LogP contribution in [-0.2, 0) is 29.8 Å². The zero-order valence-corrected chi connectivity index (χ0v) is 31.6. The van der Waals surface area contributed by atoms with Gasteiger partial charge in [-0.25, -0.2) is 4.79 Å². The number of amides is 1. The van der Waals surface area contributed by atoms with Gasteiger partial charge in [-0.05, 0) is 72.4 Å². The summed E-state index contributed by atoms with van der Waals surface area (Å²) >= 11 is 7.06. The number of carbonyl (C=O) groups excluding carboxylic acids is 1. The van der Waals surface area contributed by atoms with Crippen LogP contribution < -0.4 is 15.8 Å². The zero-order chi connectivity index (χ0) is 34.8. The second kappa shape index (κ2) is 12.5. The van der Waals surface area contributed by atoms with E-state index in [2.05, 4.69) is 41.9 Å². The molecule has 2 unspecified atom stereocenters. The molecule has 260 valence electrons. The minimum absolute atomic E-state index is 0.113. The molecule has 6 rings (SSSR count). The van der Waals surface area contributed by atoms with Crippen LogP contribution in [0.1, 0.15) is 60.3 Å². The third-order valence-corrected chi connectivity index (χ3v) is 11.7. The van der Waals surface area contributed by atoms with E-state index < -0.39 is 25.3 Å². The molecule has 2 fully saturated rings. The molecule has 2 bridgehead atoms. The van der Waals surface area contributed by atoms with Gasteiger partial charge in [0.2, 0.25) is 5.95 Å². The highest BCUT2D eigenvalue weighted by molar-refractivity contribution is 6.76. The number of carbonyl (C=O) groups is 1. The Labute approximate surface area is 288 Å². The van der Waals surface area contributed by atoms with Crippen molar-refractivity contribution in [3.05, 3.63) is 39.9 Å². The van der Waals surface area contributed by atoms with Gasteiger partial charge in [0.15, 0.2) is 5.65 Å². The lowest BCUT2D eigenvalue weighted by atomic mass is 9.84. The molecular weight excluding hydrogens is 646 g/mol.